The van der Waals surface area contributed by atoms with Gasteiger partial charge < -0.3 is 5.11 Å². The average Bonchev–Trinajstić information content (AvgIpc) is 2.48. The van der Waals surface area contributed by atoms with Gasteiger partial charge in [-0.15, -0.1) is 0 Å². The van der Waals surface area contributed by atoms with E-state index in [9.17, 15) is 0 Å². The molecule has 1 nitrogen and oxygen atoms in total. The number of rotatable bonds is 3. The van der Waals surface area contributed by atoms with Crippen LogP contribution in [0.3, 0.4) is 0 Å². The average molecular weight is 194 g/mol. The minimum absolute atomic E-state index is 0.182. The van der Waals surface area contributed by atoms with Crippen molar-refractivity contribution in [3.63, 3.8) is 0 Å². The van der Waals surface area contributed by atoms with E-state index in [2.05, 4.69) is 26.8 Å². The van der Waals surface area contributed by atoms with Crippen LogP contribution in [0, 0.1) is 11.8 Å². The fourth-order valence-corrected chi connectivity index (χ4v) is 2.22. The van der Waals surface area contributed by atoms with E-state index in [0.29, 0.717) is 11.8 Å². The van der Waals surface area contributed by atoms with Gasteiger partial charge in [0.1, 0.15) is 0 Å². The third kappa shape index (κ3) is 2.48. The maximum atomic E-state index is 9.02. The Bertz CT molecular complexity index is 258. The van der Waals surface area contributed by atoms with Crippen LogP contribution in [0.25, 0.3) is 0 Å². The van der Waals surface area contributed by atoms with Crippen molar-refractivity contribution < 1.29 is 5.11 Å². The predicted molar refractivity (Wildman–Crippen MR) is 61.1 cm³/mol. The molecule has 80 valence electrons. The largest absolute Gasteiger partial charge is 0.392 e. The number of aliphatic hydroxyl groups excluding tert-OH is 1. The molecule has 0 saturated carbocycles. The Kier molecular flexibility index (Phi) is 3.94. The second-order valence-corrected chi connectivity index (χ2v) is 4.77. The van der Waals surface area contributed by atoms with Crippen molar-refractivity contribution in [3.8, 4) is 0 Å². The zero-order chi connectivity index (χ0) is 10.7. The topological polar surface area (TPSA) is 20.2 Å². The van der Waals surface area contributed by atoms with Gasteiger partial charge in [-0.2, -0.15) is 0 Å². The molecule has 0 aromatic rings. The van der Waals surface area contributed by atoms with Gasteiger partial charge in [0.05, 0.1) is 6.61 Å². The molecular formula is C13H22O. The molecule has 14 heavy (non-hydrogen) atoms. The smallest absolute Gasteiger partial charge is 0.0642 e. The molecule has 0 aromatic heterocycles. The molecule has 1 aliphatic carbocycles. The van der Waals surface area contributed by atoms with E-state index in [1.165, 1.54) is 24.0 Å². The molecule has 1 atom stereocenters. The number of aliphatic hydroxyl groups is 1. The molecule has 0 heterocycles. The molecule has 0 fully saturated rings. The van der Waals surface area contributed by atoms with Crippen molar-refractivity contribution >= 4 is 0 Å². The lowest BCUT2D eigenvalue weighted by molar-refractivity contribution is 0.331. The summed E-state index contributed by atoms with van der Waals surface area (Å²) in [5.74, 6) is 1.42. The summed E-state index contributed by atoms with van der Waals surface area (Å²) in [7, 11) is 0. The van der Waals surface area contributed by atoms with Crippen LogP contribution in [-0.2, 0) is 0 Å². The zero-order valence-electron chi connectivity index (χ0n) is 9.80. The lowest BCUT2D eigenvalue weighted by Crippen LogP contribution is -2.07. The molecular weight excluding hydrogens is 172 g/mol. The van der Waals surface area contributed by atoms with Crippen molar-refractivity contribution in [2.45, 2.75) is 40.5 Å². The molecule has 1 rings (SSSR count). The van der Waals surface area contributed by atoms with Crippen LogP contribution in [0.15, 0.2) is 22.8 Å². The van der Waals surface area contributed by atoms with Crippen molar-refractivity contribution in [1.29, 1.82) is 0 Å². The highest BCUT2D eigenvalue weighted by molar-refractivity contribution is 5.34. The Labute approximate surface area is 87.5 Å². The first-order valence-corrected chi connectivity index (χ1v) is 5.54. The maximum absolute atomic E-state index is 9.02. The highest BCUT2D eigenvalue weighted by Gasteiger charge is 2.24. The number of hydrogen-bond donors (Lipinski definition) is 1. The number of hydrogen-bond acceptors (Lipinski definition) is 1. The normalized spacial score (nSPS) is 23.9. The van der Waals surface area contributed by atoms with Crippen LogP contribution in [0.4, 0.5) is 0 Å². The second-order valence-electron chi connectivity index (χ2n) is 4.77. The molecule has 0 saturated heterocycles. The lowest BCUT2D eigenvalue weighted by atomic mass is 9.88. The van der Waals surface area contributed by atoms with Crippen molar-refractivity contribution in [3.05, 3.63) is 22.8 Å². The van der Waals surface area contributed by atoms with E-state index < -0.39 is 0 Å². The third-order valence-electron chi connectivity index (χ3n) is 3.18. The molecule has 1 N–H and O–H groups in total. The Morgan fingerprint density at radius 1 is 1.57 bits per heavy atom. The first-order valence-electron chi connectivity index (χ1n) is 5.54. The van der Waals surface area contributed by atoms with E-state index in [1.807, 2.05) is 6.92 Å². The van der Waals surface area contributed by atoms with E-state index in [0.717, 1.165) is 5.57 Å². The summed E-state index contributed by atoms with van der Waals surface area (Å²) < 4.78 is 0. The standard InChI is InChI=1S/C13H22O/c1-9(2)12-6-5-11(4)13(12)7-10(3)8-14/h7,9,12,14H,5-6,8H2,1-4H3/b10-7+. The molecule has 0 aromatic carbocycles. The predicted octanol–water partition coefficient (Wildman–Crippen LogP) is 3.31. The van der Waals surface area contributed by atoms with E-state index in [1.54, 1.807) is 0 Å². The van der Waals surface area contributed by atoms with Gasteiger partial charge in [0, 0.05) is 0 Å². The van der Waals surface area contributed by atoms with Gasteiger partial charge in [-0.3, -0.25) is 0 Å². The van der Waals surface area contributed by atoms with Crippen LogP contribution in [0.5, 0.6) is 0 Å². The van der Waals surface area contributed by atoms with E-state index in [-0.39, 0.29) is 6.61 Å². The second kappa shape index (κ2) is 4.79. The van der Waals surface area contributed by atoms with E-state index in [4.69, 9.17) is 5.11 Å². The Morgan fingerprint density at radius 2 is 2.21 bits per heavy atom. The SMILES string of the molecule is CC1=C(/C=C(\C)CO)C(C(C)C)CC1. The Hall–Kier alpha value is -0.560. The van der Waals surface area contributed by atoms with Crippen molar-refractivity contribution in [1.82, 2.24) is 0 Å². The lowest BCUT2D eigenvalue weighted by Gasteiger charge is -2.17. The highest BCUT2D eigenvalue weighted by atomic mass is 16.3. The molecule has 0 bridgehead atoms. The monoisotopic (exact) mass is 194 g/mol. The fraction of sp³-hybridized carbons (Fsp3) is 0.692. The first kappa shape index (κ1) is 11.5. The van der Waals surface area contributed by atoms with Crippen LogP contribution < -0.4 is 0 Å². The Balaban J connectivity index is 2.87. The summed E-state index contributed by atoms with van der Waals surface area (Å²) in [5.41, 5.74) is 4.06. The summed E-state index contributed by atoms with van der Waals surface area (Å²) in [6.07, 6.45) is 4.70. The molecule has 1 heteroatoms. The molecule has 0 spiro atoms. The Morgan fingerprint density at radius 3 is 2.71 bits per heavy atom. The fourth-order valence-electron chi connectivity index (χ4n) is 2.22. The molecule has 0 radical (unpaired) electrons. The van der Waals surface area contributed by atoms with Crippen molar-refractivity contribution in [2.75, 3.05) is 6.61 Å². The van der Waals surface area contributed by atoms with Gasteiger partial charge in [-0.25, -0.2) is 0 Å². The zero-order valence-corrected chi connectivity index (χ0v) is 9.80. The molecule has 1 unspecified atom stereocenters. The minimum Gasteiger partial charge on any atom is -0.392 e. The van der Waals surface area contributed by atoms with Gasteiger partial charge >= 0.3 is 0 Å². The quantitative estimate of drug-likeness (QED) is 0.731. The number of allylic oxidation sites excluding steroid dienone is 3. The van der Waals surface area contributed by atoms with Gasteiger partial charge in [-0.05, 0) is 49.7 Å². The van der Waals surface area contributed by atoms with Gasteiger partial charge in [-0.1, -0.05) is 25.5 Å². The summed E-state index contributed by atoms with van der Waals surface area (Å²) in [6.45, 7) is 8.97. The summed E-state index contributed by atoms with van der Waals surface area (Å²) in [5, 5.41) is 9.02. The van der Waals surface area contributed by atoms with Gasteiger partial charge in [0.15, 0.2) is 0 Å². The van der Waals surface area contributed by atoms with Gasteiger partial charge in [0.25, 0.3) is 0 Å². The van der Waals surface area contributed by atoms with Crippen LogP contribution >= 0.6 is 0 Å². The first-order chi connectivity index (χ1) is 6.56. The molecule has 0 amide bonds. The molecule has 0 aliphatic heterocycles. The van der Waals surface area contributed by atoms with Crippen LogP contribution in [0.2, 0.25) is 0 Å². The maximum Gasteiger partial charge on any atom is 0.0642 e. The third-order valence-corrected chi connectivity index (χ3v) is 3.18. The summed E-state index contributed by atoms with van der Waals surface area (Å²) >= 11 is 0. The molecule has 1 aliphatic rings. The van der Waals surface area contributed by atoms with Crippen LogP contribution in [0.1, 0.15) is 40.5 Å². The van der Waals surface area contributed by atoms with Crippen LogP contribution in [-0.4, -0.2) is 11.7 Å². The summed E-state index contributed by atoms with van der Waals surface area (Å²) in [4.78, 5) is 0. The minimum atomic E-state index is 0.182. The van der Waals surface area contributed by atoms with Crippen molar-refractivity contribution in [2.24, 2.45) is 11.8 Å². The highest BCUT2D eigenvalue weighted by Crippen LogP contribution is 2.37. The van der Waals surface area contributed by atoms with Gasteiger partial charge in [0.2, 0.25) is 0 Å². The summed E-state index contributed by atoms with van der Waals surface area (Å²) in [6, 6.07) is 0. The van der Waals surface area contributed by atoms with E-state index >= 15 is 0 Å².